The summed E-state index contributed by atoms with van der Waals surface area (Å²) in [5.41, 5.74) is 1.09. The maximum absolute atomic E-state index is 10.8. The Morgan fingerprint density at radius 1 is 0.966 bits per heavy atom. The highest BCUT2D eigenvalue weighted by Crippen LogP contribution is 2.42. The molecule has 3 aromatic carbocycles. The third-order valence-corrected chi connectivity index (χ3v) is 5.15. The van der Waals surface area contributed by atoms with Crippen molar-refractivity contribution in [3.05, 3.63) is 48.0 Å². The predicted molar refractivity (Wildman–Crippen MR) is 114 cm³/mol. The number of epoxide rings is 1. The third-order valence-electron chi connectivity index (χ3n) is 5.15. The van der Waals surface area contributed by atoms with Crippen LogP contribution < -0.4 is 4.74 Å². The van der Waals surface area contributed by atoms with Crippen LogP contribution in [0.4, 0.5) is 0 Å². The fourth-order valence-corrected chi connectivity index (χ4v) is 3.42. The molecule has 1 fully saturated rings. The molecule has 1 saturated heterocycles. The molecule has 3 aromatic rings. The molecule has 1 aliphatic heterocycles. The van der Waals surface area contributed by atoms with E-state index in [0.29, 0.717) is 25.6 Å². The second-order valence-electron chi connectivity index (χ2n) is 7.83. The van der Waals surface area contributed by atoms with Crippen LogP contribution in [-0.4, -0.2) is 49.8 Å². The fraction of sp³-hybridized carbons (Fsp3) is 0.417. The quantitative estimate of drug-likeness (QED) is 0.423. The lowest BCUT2D eigenvalue weighted by molar-refractivity contribution is -0.0449. The number of fused-ring (bicyclic) bond motifs is 2. The van der Waals surface area contributed by atoms with Gasteiger partial charge in [0.1, 0.15) is 24.2 Å². The lowest BCUT2D eigenvalue weighted by atomic mass is 9.99. The molecule has 29 heavy (non-hydrogen) atoms. The van der Waals surface area contributed by atoms with E-state index in [1.165, 1.54) is 0 Å². The minimum Gasteiger partial charge on any atom is -0.507 e. The van der Waals surface area contributed by atoms with E-state index in [1.54, 1.807) is 0 Å². The first-order chi connectivity index (χ1) is 14.0. The first-order valence-electron chi connectivity index (χ1n) is 10.1. The summed E-state index contributed by atoms with van der Waals surface area (Å²) in [6, 6.07) is 13.8. The van der Waals surface area contributed by atoms with Gasteiger partial charge in [0.15, 0.2) is 0 Å². The molecule has 154 valence electrons. The van der Waals surface area contributed by atoms with Gasteiger partial charge in [0.25, 0.3) is 0 Å². The molecule has 0 bridgehead atoms. The number of hydrogen-bond donors (Lipinski definition) is 1. The van der Waals surface area contributed by atoms with E-state index in [4.69, 9.17) is 18.9 Å². The molecular weight excluding hydrogens is 368 g/mol. The topological polar surface area (TPSA) is 60.5 Å². The molecule has 0 aromatic heterocycles. The number of rotatable bonds is 9. The molecule has 1 aliphatic rings. The Kier molecular flexibility index (Phi) is 5.90. The van der Waals surface area contributed by atoms with Crippen LogP contribution in [0.25, 0.3) is 21.5 Å². The summed E-state index contributed by atoms with van der Waals surface area (Å²) < 4.78 is 23.0. The van der Waals surface area contributed by atoms with Crippen LogP contribution in [0, 0.1) is 6.92 Å². The van der Waals surface area contributed by atoms with Crippen molar-refractivity contribution in [2.24, 2.45) is 0 Å². The monoisotopic (exact) mass is 396 g/mol. The van der Waals surface area contributed by atoms with Crippen molar-refractivity contribution in [1.29, 1.82) is 0 Å². The van der Waals surface area contributed by atoms with Gasteiger partial charge in [0, 0.05) is 21.5 Å². The third kappa shape index (κ3) is 4.64. The lowest BCUT2D eigenvalue weighted by Crippen LogP contribution is -2.25. The van der Waals surface area contributed by atoms with Gasteiger partial charge >= 0.3 is 0 Å². The van der Waals surface area contributed by atoms with Crippen molar-refractivity contribution in [1.82, 2.24) is 0 Å². The molecule has 3 unspecified atom stereocenters. The van der Waals surface area contributed by atoms with Crippen LogP contribution >= 0.6 is 0 Å². The van der Waals surface area contributed by atoms with E-state index in [2.05, 4.69) is 0 Å². The average Bonchev–Trinajstić information content (AvgIpc) is 3.55. The van der Waals surface area contributed by atoms with Crippen molar-refractivity contribution in [3.63, 3.8) is 0 Å². The molecule has 1 N–H and O–H groups in total. The maximum atomic E-state index is 10.8. The van der Waals surface area contributed by atoms with E-state index in [9.17, 15) is 5.11 Å². The van der Waals surface area contributed by atoms with E-state index in [1.807, 2.05) is 63.2 Å². The van der Waals surface area contributed by atoms with Gasteiger partial charge in [-0.3, -0.25) is 0 Å². The first kappa shape index (κ1) is 20.0. The number of aryl methyl sites for hydroxylation is 1. The predicted octanol–water partition coefficient (Wildman–Crippen LogP) is 4.59. The van der Waals surface area contributed by atoms with Crippen molar-refractivity contribution in [2.75, 3.05) is 26.4 Å². The first-order valence-corrected chi connectivity index (χ1v) is 10.1. The van der Waals surface area contributed by atoms with Crippen LogP contribution in [0.5, 0.6) is 11.5 Å². The summed E-state index contributed by atoms with van der Waals surface area (Å²) in [4.78, 5) is 0. The Morgan fingerprint density at radius 2 is 1.66 bits per heavy atom. The van der Waals surface area contributed by atoms with Crippen molar-refractivity contribution in [2.45, 2.75) is 39.1 Å². The molecule has 1 heterocycles. The Labute approximate surface area is 171 Å². The van der Waals surface area contributed by atoms with Crippen molar-refractivity contribution >= 4 is 21.5 Å². The number of hydrogen-bond acceptors (Lipinski definition) is 5. The van der Waals surface area contributed by atoms with Gasteiger partial charge in [-0.05, 0) is 26.8 Å². The highest BCUT2D eigenvalue weighted by molar-refractivity contribution is 6.10. The molecule has 0 spiro atoms. The summed E-state index contributed by atoms with van der Waals surface area (Å²) in [5.74, 6) is 1.07. The van der Waals surface area contributed by atoms with E-state index >= 15 is 0 Å². The Hall–Kier alpha value is -2.34. The Bertz CT molecular complexity index is 995. The van der Waals surface area contributed by atoms with Gasteiger partial charge in [-0.15, -0.1) is 0 Å². The second kappa shape index (κ2) is 8.57. The number of ether oxygens (including phenoxy) is 4. The molecule has 5 heteroatoms. The number of aromatic hydroxyl groups is 1. The van der Waals surface area contributed by atoms with Gasteiger partial charge in [0.2, 0.25) is 0 Å². The summed E-state index contributed by atoms with van der Waals surface area (Å²) in [6.07, 6.45) is 0.184. The molecule has 0 saturated carbocycles. The van der Waals surface area contributed by atoms with Crippen molar-refractivity contribution < 1.29 is 24.1 Å². The summed E-state index contributed by atoms with van der Waals surface area (Å²) in [6.45, 7) is 8.35. The minimum absolute atomic E-state index is 0.0138. The van der Waals surface area contributed by atoms with E-state index in [0.717, 1.165) is 39.5 Å². The second-order valence-corrected chi connectivity index (χ2v) is 7.83. The maximum Gasteiger partial charge on any atom is 0.135 e. The zero-order chi connectivity index (χ0) is 20.4. The smallest absolute Gasteiger partial charge is 0.135 e. The van der Waals surface area contributed by atoms with Gasteiger partial charge in [0.05, 0.1) is 32.0 Å². The Balaban J connectivity index is 1.48. The standard InChI is InChI=1S/C24H28O5/c1-15-8-9-21-22(10-15)23(25)19-6-4-5-7-20(19)24(21)29-12-17(3)26-11-16(2)27-13-18-14-28-18/h4-10,16-18,25H,11-14H2,1-3H3. The lowest BCUT2D eigenvalue weighted by Gasteiger charge is -2.20. The highest BCUT2D eigenvalue weighted by Gasteiger charge is 2.23. The van der Waals surface area contributed by atoms with Crippen LogP contribution in [0.15, 0.2) is 42.5 Å². The Morgan fingerprint density at radius 3 is 2.41 bits per heavy atom. The zero-order valence-electron chi connectivity index (χ0n) is 17.2. The number of benzene rings is 3. The summed E-state index contributed by atoms with van der Waals surface area (Å²) in [5, 5.41) is 14.2. The van der Waals surface area contributed by atoms with E-state index < -0.39 is 0 Å². The van der Waals surface area contributed by atoms with Crippen LogP contribution in [0.3, 0.4) is 0 Å². The normalized spacial score (nSPS) is 18.1. The minimum atomic E-state index is -0.0914. The van der Waals surface area contributed by atoms with Gasteiger partial charge in [-0.25, -0.2) is 0 Å². The van der Waals surface area contributed by atoms with Crippen molar-refractivity contribution in [3.8, 4) is 11.5 Å². The summed E-state index contributed by atoms with van der Waals surface area (Å²) in [7, 11) is 0. The molecule has 4 rings (SSSR count). The zero-order valence-corrected chi connectivity index (χ0v) is 17.2. The van der Waals surface area contributed by atoms with E-state index in [-0.39, 0.29) is 18.3 Å². The van der Waals surface area contributed by atoms with Crippen LogP contribution in [-0.2, 0) is 14.2 Å². The van der Waals surface area contributed by atoms with Crippen LogP contribution in [0.2, 0.25) is 0 Å². The average molecular weight is 396 g/mol. The van der Waals surface area contributed by atoms with Gasteiger partial charge < -0.3 is 24.1 Å². The fourth-order valence-electron chi connectivity index (χ4n) is 3.42. The number of phenolic OH excluding ortho intramolecular Hbond substituents is 1. The van der Waals surface area contributed by atoms with Gasteiger partial charge in [-0.2, -0.15) is 0 Å². The summed E-state index contributed by atoms with van der Waals surface area (Å²) >= 11 is 0. The molecule has 0 aliphatic carbocycles. The highest BCUT2D eigenvalue weighted by atomic mass is 16.6. The molecular formula is C24H28O5. The molecule has 5 nitrogen and oxygen atoms in total. The van der Waals surface area contributed by atoms with Gasteiger partial charge in [-0.1, -0.05) is 42.0 Å². The molecule has 0 amide bonds. The SMILES string of the molecule is Cc1ccc2c(OCC(C)OCC(C)OCC3CO3)c3ccccc3c(O)c2c1. The molecule has 0 radical (unpaired) electrons. The van der Waals surface area contributed by atoms with Crippen LogP contribution in [0.1, 0.15) is 19.4 Å². The largest absolute Gasteiger partial charge is 0.507 e. The number of phenols is 1. The molecule has 3 atom stereocenters.